The van der Waals surface area contributed by atoms with E-state index in [1.54, 1.807) is 6.07 Å². The molecule has 0 aliphatic heterocycles. The zero-order chi connectivity index (χ0) is 14.7. The van der Waals surface area contributed by atoms with E-state index in [9.17, 15) is 14.0 Å². The van der Waals surface area contributed by atoms with Gasteiger partial charge in [-0.1, -0.05) is 6.07 Å². The van der Waals surface area contributed by atoms with Gasteiger partial charge in [0.2, 0.25) is 5.91 Å². The fourth-order valence-electron chi connectivity index (χ4n) is 1.67. The first-order valence-electron chi connectivity index (χ1n) is 5.80. The summed E-state index contributed by atoms with van der Waals surface area (Å²) in [5, 5.41) is 2.48. The fraction of sp³-hybridized carbons (Fsp3) is 0.231. The Bertz CT molecular complexity index is 690. The molecule has 0 bridgehead atoms. The van der Waals surface area contributed by atoms with Crippen LogP contribution in [0.2, 0.25) is 0 Å². The van der Waals surface area contributed by atoms with Gasteiger partial charge in [0.15, 0.2) is 11.6 Å². The van der Waals surface area contributed by atoms with Crippen LogP contribution in [-0.4, -0.2) is 17.8 Å². The minimum atomic E-state index is -0.611. The lowest BCUT2D eigenvalue weighted by Gasteiger charge is -2.02. The van der Waals surface area contributed by atoms with Crippen molar-refractivity contribution in [3.8, 4) is 16.9 Å². The van der Waals surface area contributed by atoms with Gasteiger partial charge in [-0.25, -0.2) is 9.18 Å². The number of halogens is 1. The first-order chi connectivity index (χ1) is 9.51. The van der Waals surface area contributed by atoms with Gasteiger partial charge in [-0.15, -0.1) is 0 Å². The average molecular weight is 280 g/mol. The summed E-state index contributed by atoms with van der Waals surface area (Å²) in [5.41, 5.74) is -0.0320. The molecule has 0 fully saturated rings. The smallest absolute Gasteiger partial charge is 0.365 e. The number of aromatic nitrogens is 1. The maximum Gasteiger partial charge on any atom is 0.365 e. The van der Waals surface area contributed by atoms with Crippen LogP contribution in [0.1, 0.15) is 6.92 Å². The molecule has 1 aromatic heterocycles. The van der Waals surface area contributed by atoms with Crippen LogP contribution in [0.25, 0.3) is 11.1 Å². The van der Waals surface area contributed by atoms with Gasteiger partial charge in [-0.05, 0) is 17.7 Å². The zero-order valence-electron chi connectivity index (χ0n) is 11.0. The summed E-state index contributed by atoms with van der Waals surface area (Å²) in [4.78, 5) is 22.5. The Kier molecular flexibility index (Phi) is 3.88. The van der Waals surface area contributed by atoms with Crippen LogP contribution in [-0.2, 0) is 11.5 Å². The zero-order valence-corrected chi connectivity index (χ0v) is 11.0. The Hall–Kier alpha value is -2.57. The van der Waals surface area contributed by atoms with E-state index in [0.717, 1.165) is 0 Å². The third-order valence-electron chi connectivity index (χ3n) is 2.64. The minimum absolute atomic E-state index is 0.0310. The van der Waals surface area contributed by atoms with Crippen molar-refractivity contribution in [3.63, 3.8) is 0 Å². The van der Waals surface area contributed by atoms with E-state index in [2.05, 4.69) is 5.32 Å². The number of nitrogens with one attached hydrogen (secondary N) is 1. The summed E-state index contributed by atoms with van der Waals surface area (Å²) >= 11 is 0. The van der Waals surface area contributed by atoms with Crippen LogP contribution in [0.5, 0.6) is 5.75 Å². The number of rotatable bonds is 4. The maximum absolute atomic E-state index is 13.6. The van der Waals surface area contributed by atoms with Crippen molar-refractivity contribution in [1.29, 1.82) is 0 Å². The monoisotopic (exact) mass is 280 g/mol. The molecule has 7 heteroatoms. The van der Waals surface area contributed by atoms with Crippen molar-refractivity contribution in [2.45, 2.75) is 13.6 Å². The van der Waals surface area contributed by atoms with E-state index in [0.29, 0.717) is 5.56 Å². The third kappa shape index (κ3) is 2.87. The van der Waals surface area contributed by atoms with E-state index in [-0.39, 0.29) is 23.9 Å². The molecule has 0 spiro atoms. The van der Waals surface area contributed by atoms with E-state index in [4.69, 9.17) is 9.26 Å². The van der Waals surface area contributed by atoms with Crippen molar-refractivity contribution >= 4 is 5.91 Å². The summed E-state index contributed by atoms with van der Waals surface area (Å²) in [6.45, 7) is 1.38. The predicted molar refractivity (Wildman–Crippen MR) is 68.7 cm³/mol. The standard InChI is InChI=1S/C13H13FN2O4/c1-8(17)15-7-16-6-10(13(18)20-16)9-3-4-12(19-2)11(14)5-9/h3-6H,7H2,1-2H3,(H,15,17). The molecule has 0 atom stereocenters. The number of ether oxygens (including phenoxy) is 1. The van der Waals surface area contributed by atoms with E-state index in [1.807, 2.05) is 0 Å². The van der Waals surface area contributed by atoms with Crippen molar-refractivity contribution in [1.82, 2.24) is 10.1 Å². The largest absolute Gasteiger partial charge is 0.494 e. The summed E-state index contributed by atoms with van der Waals surface area (Å²) in [7, 11) is 1.36. The molecule has 1 amide bonds. The number of hydrogen-bond acceptors (Lipinski definition) is 4. The first-order valence-corrected chi connectivity index (χ1v) is 5.80. The quantitative estimate of drug-likeness (QED) is 0.917. The molecule has 6 nitrogen and oxygen atoms in total. The van der Waals surface area contributed by atoms with Gasteiger partial charge in [0.05, 0.1) is 18.9 Å². The molecule has 0 radical (unpaired) electrons. The Morgan fingerprint density at radius 3 is 2.85 bits per heavy atom. The topological polar surface area (TPSA) is 73.5 Å². The van der Waals surface area contributed by atoms with Crippen LogP contribution in [0.15, 0.2) is 33.7 Å². The normalized spacial score (nSPS) is 10.3. The Morgan fingerprint density at radius 1 is 1.50 bits per heavy atom. The highest BCUT2D eigenvalue weighted by molar-refractivity contribution is 5.72. The van der Waals surface area contributed by atoms with Crippen LogP contribution in [0, 0.1) is 5.82 Å². The van der Waals surface area contributed by atoms with Gasteiger partial charge in [0.25, 0.3) is 0 Å². The molecular formula is C13H13FN2O4. The molecule has 106 valence electrons. The molecule has 0 saturated heterocycles. The molecule has 2 aromatic rings. The molecule has 1 aromatic carbocycles. The Balaban J connectivity index is 2.31. The molecular weight excluding hydrogens is 267 g/mol. The molecule has 20 heavy (non-hydrogen) atoms. The van der Waals surface area contributed by atoms with Crippen LogP contribution in [0.3, 0.4) is 0 Å². The lowest BCUT2D eigenvalue weighted by Crippen LogP contribution is -2.22. The number of carbonyl (C=O) groups is 1. The number of nitrogens with zero attached hydrogens (tertiary/aromatic N) is 1. The lowest BCUT2D eigenvalue weighted by atomic mass is 10.1. The second-order valence-electron chi connectivity index (χ2n) is 4.08. The highest BCUT2D eigenvalue weighted by Gasteiger charge is 2.12. The number of amides is 1. The van der Waals surface area contributed by atoms with E-state index >= 15 is 0 Å². The van der Waals surface area contributed by atoms with Crippen LogP contribution >= 0.6 is 0 Å². The Labute approximate surface area is 113 Å². The van der Waals surface area contributed by atoms with Gasteiger partial charge in [-0.3, -0.25) is 4.79 Å². The fourth-order valence-corrected chi connectivity index (χ4v) is 1.67. The molecule has 0 aliphatic carbocycles. The van der Waals surface area contributed by atoms with Crippen molar-refractivity contribution in [3.05, 3.63) is 40.6 Å². The van der Waals surface area contributed by atoms with Crippen molar-refractivity contribution < 1.29 is 18.4 Å². The number of hydrogen-bond donors (Lipinski definition) is 1. The number of benzene rings is 1. The highest BCUT2D eigenvalue weighted by Crippen LogP contribution is 2.23. The van der Waals surface area contributed by atoms with Gasteiger partial charge in [0.1, 0.15) is 6.67 Å². The molecule has 2 rings (SSSR count). The molecule has 0 saturated carbocycles. The van der Waals surface area contributed by atoms with Gasteiger partial charge < -0.3 is 14.6 Å². The molecule has 1 N–H and O–H groups in total. The van der Waals surface area contributed by atoms with E-state index in [1.165, 1.54) is 37.1 Å². The SMILES string of the molecule is COc1ccc(-c2cn(CNC(C)=O)oc2=O)cc1F. The third-order valence-corrected chi connectivity index (χ3v) is 2.64. The minimum Gasteiger partial charge on any atom is -0.494 e. The van der Waals surface area contributed by atoms with Crippen LogP contribution in [0.4, 0.5) is 4.39 Å². The van der Waals surface area contributed by atoms with Gasteiger partial charge in [0, 0.05) is 6.92 Å². The van der Waals surface area contributed by atoms with Crippen molar-refractivity contribution in [2.24, 2.45) is 0 Å². The predicted octanol–water partition coefficient (Wildman–Crippen LogP) is 1.35. The second-order valence-corrected chi connectivity index (χ2v) is 4.08. The van der Waals surface area contributed by atoms with Gasteiger partial charge in [-0.2, -0.15) is 4.74 Å². The lowest BCUT2D eigenvalue weighted by molar-refractivity contribution is -0.119. The molecule has 0 unspecified atom stereocenters. The van der Waals surface area contributed by atoms with Crippen LogP contribution < -0.4 is 15.7 Å². The first kappa shape index (κ1) is 13.9. The van der Waals surface area contributed by atoms with Gasteiger partial charge >= 0.3 is 5.63 Å². The molecule has 1 heterocycles. The summed E-state index contributed by atoms with van der Waals surface area (Å²) < 4.78 is 24.5. The second kappa shape index (κ2) is 5.60. The highest BCUT2D eigenvalue weighted by atomic mass is 19.1. The summed E-state index contributed by atoms with van der Waals surface area (Å²) in [6.07, 6.45) is 1.40. The van der Waals surface area contributed by atoms with Crippen molar-refractivity contribution in [2.75, 3.05) is 7.11 Å². The number of carbonyl (C=O) groups excluding carboxylic acids is 1. The maximum atomic E-state index is 13.6. The number of methoxy groups -OCH3 is 1. The summed E-state index contributed by atoms with van der Waals surface area (Å²) in [5.74, 6) is -0.729. The average Bonchev–Trinajstić information content (AvgIpc) is 2.77. The Morgan fingerprint density at radius 2 is 2.25 bits per heavy atom. The van der Waals surface area contributed by atoms with E-state index < -0.39 is 11.4 Å². The summed E-state index contributed by atoms with van der Waals surface area (Å²) in [6, 6.07) is 4.17. The molecule has 0 aliphatic rings.